The van der Waals surface area contributed by atoms with Gasteiger partial charge in [-0.25, -0.2) is 4.79 Å². The number of nitrogens with zero attached hydrogens (tertiary/aromatic N) is 1. The van der Waals surface area contributed by atoms with Crippen LogP contribution in [0.3, 0.4) is 0 Å². The predicted octanol–water partition coefficient (Wildman–Crippen LogP) is 3.70. The first-order valence-corrected chi connectivity index (χ1v) is 11.2. The molecule has 0 aromatic carbocycles. The normalized spacial score (nSPS) is 16.1. The van der Waals surface area contributed by atoms with Crippen LogP contribution in [0.1, 0.15) is 105 Å². The van der Waals surface area contributed by atoms with E-state index in [2.05, 4.69) is 6.92 Å². The van der Waals surface area contributed by atoms with Gasteiger partial charge in [-0.1, -0.05) is 64.7 Å². The van der Waals surface area contributed by atoms with Gasteiger partial charge in [0.05, 0.1) is 13.6 Å². The zero-order valence-corrected chi connectivity index (χ0v) is 19.5. The van der Waals surface area contributed by atoms with Gasteiger partial charge >= 0.3 is 5.97 Å². The number of ketones is 1. The third kappa shape index (κ3) is 6.80. The third-order valence-electron chi connectivity index (χ3n) is 7.04. The van der Waals surface area contributed by atoms with Gasteiger partial charge in [0.2, 0.25) is 0 Å². The average molecular weight is 414 g/mol. The molecule has 0 saturated heterocycles. The second-order valence-electron chi connectivity index (χ2n) is 9.23. The number of carbonyl (C=O) groups excluding carboxylic acids is 2. The number of carboxylic acid groups (broad SMARTS) is 2. The van der Waals surface area contributed by atoms with Crippen molar-refractivity contribution in [2.75, 3.05) is 13.6 Å². The molecule has 29 heavy (non-hydrogen) atoms. The summed E-state index contributed by atoms with van der Waals surface area (Å²) >= 11 is 0. The minimum absolute atomic E-state index is 0.292. The maximum absolute atomic E-state index is 12.3. The molecule has 0 amide bonds. The maximum Gasteiger partial charge on any atom is 0.365 e. The second-order valence-corrected chi connectivity index (χ2v) is 9.23. The molecule has 6 heteroatoms. The molecule has 0 heterocycles. The van der Waals surface area contributed by atoms with Crippen molar-refractivity contribution in [1.82, 2.24) is 0 Å². The molecule has 0 fully saturated rings. The molecule has 2 unspecified atom stereocenters. The van der Waals surface area contributed by atoms with Crippen LogP contribution in [0.4, 0.5) is 0 Å². The Morgan fingerprint density at radius 1 is 0.828 bits per heavy atom. The molecule has 0 rings (SSSR count). The lowest BCUT2D eigenvalue weighted by Gasteiger charge is -2.55. The number of quaternary nitrogens is 1. The molecular weight excluding hydrogens is 370 g/mol. The van der Waals surface area contributed by atoms with Crippen LogP contribution in [0.2, 0.25) is 0 Å². The molecule has 0 spiro atoms. The predicted molar refractivity (Wildman–Crippen MR) is 113 cm³/mol. The summed E-state index contributed by atoms with van der Waals surface area (Å²) in [4.78, 5) is 36.2. The van der Waals surface area contributed by atoms with Crippen LogP contribution in [0.5, 0.6) is 0 Å². The van der Waals surface area contributed by atoms with Gasteiger partial charge in [0.15, 0.2) is 16.9 Å². The number of aliphatic carboxylic acids is 2. The van der Waals surface area contributed by atoms with Gasteiger partial charge in [0.1, 0.15) is 5.97 Å². The van der Waals surface area contributed by atoms with E-state index in [0.717, 1.165) is 19.3 Å². The molecule has 1 N–H and O–H groups in total. The zero-order valence-electron chi connectivity index (χ0n) is 19.5. The molecule has 170 valence electrons. The molecule has 0 saturated carbocycles. The van der Waals surface area contributed by atoms with E-state index in [4.69, 9.17) is 0 Å². The number of carbonyl (C=O) groups is 3. The summed E-state index contributed by atoms with van der Waals surface area (Å²) in [6.07, 6.45) is 12.6. The van der Waals surface area contributed by atoms with E-state index in [1.54, 1.807) is 7.05 Å². The Kier molecular flexibility index (Phi) is 11.7. The van der Waals surface area contributed by atoms with Gasteiger partial charge in [-0.15, -0.1) is 0 Å². The summed E-state index contributed by atoms with van der Waals surface area (Å²) in [6, 6.07) is 0. The van der Waals surface area contributed by atoms with Crippen LogP contribution in [0.15, 0.2) is 0 Å². The molecule has 0 aliphatic carbocycles. The highest BCUT2D eigenvalue weighted by Gasteiger charge is 2.60. The minimum Gasteiger partial charge on any atom is -0.543 e. The molecule has 0 aliphatic rings. The van der Waals surface area contributed by atoms with Gasteiger partial charge < -0.3 is 15.0 Å². The van der Waals surface area contributed by atoms with Crippen LogP contribution in [-0.2, 0) is 14.4 Å². The van der Waals surface area contributed by atoms with E-state index in [1.165, 1.54) is 72.6 Å². The van der Waals surface area contributed by atoms with Crippen molar-refractivity contribution in [3.8, 4) is 0 Å². The smallest absolute Gasteiger partial charge is 0.365 e. The fraction of sp³-hybridized carbons (Fsp3) is 0.870. The molecule has 0 aliphatic heterocycles. The van der Waals surface area contributed by atoms with Crippen molar-refractivity contribution < 1.29 is 29.1 Å². The van der Waals surface area contributed by atoms with Crippen LogP contribution < -0.4 is 5.11 Å². The fourth-order valence-electron chi connectivity index (χ4n) is 4.06. The SMILES string of the molecule is CCCCCCCCCCCCC[N+](C)(C(C)(C)C(=O)O)C(C)(C(C)=O)C(=O)[O-]. The molecule has 0 aromatic heterocycles. The zero-order chi connectivity index (χ0) is 22.7. The molecule has 0 radical (unpaired) electrons. The summed E-state index contributed by atoms with van der Waals surface area (Å²) in [5.74, 6) is -3.24. The largest absolute Gasteiger partial charge is 0.543 e. The fourth-order valence-corrected chi connectivity index (χ4v) is 4.06. The number of carboxylic acids is 2. The van der Waals surface area contributed by atoms with E-state index in [9.17, 15) is 24.6 Å². The van der Waals surface area contributed by atoms with Crippen LogP contribution in [0.25, 0.3) is 0 Å². The maximum atomic E-state index is 12.3. The first-order chi connectivity index (χ1) is 13.4. The van der Waals surface area contributed by atoms with Crippen molar-refractivity contribution in [2.24, 2.45) is 0 Å². The topological polar surface area (TPSA) is 94.5 Å². The van der Waals surface area contributed by atoms with E-state index >= 15 is 0 Å². The van der Waals surface area contributed by atoms with Gasteiger partial charge in [-0.3, -0.25) is 9.28 Å². The standard InChI is InChI=1S/C23H43NO5/c1-7-8-9-10-11-12-13-14-15-16-17-18-24(6,22(3,4)20(26)27)23(5,19(2)25)21(28)29/h7-18H2,1-6H3,(H-,26,27,28,29). The number of hydrogen-bond donors (Lipinski definition) is 1. The van der Waals surface area contributed by atoms with Gasteiger partial charge in [0, 0.05) is 27.7 Å². The number of Topliss-reactive ketones (excluding diaryl/α,β-unsaturated/α-hetero) is 1. The van der Waals surface area contributed by atoms with E-state index < -0.39 is 33.3 Å². The summed E-state index contributed by atoms with van der Waals surface area (Å²) in [5.41, 5.74) is -3.36. The minimum atomic E-state index is -1.92. The Bertz CT molecular complexity index is 529. The molecular formula is C23H43NO5. The van der Waals surface area contributed by atoms with Crippen molar-refractivity contribution in [3.05, 3.63) is 0 Å². The molecule has 2 atom stereocenters. The van der Waals surface area contributed by atoms with Crippen LogP contribution in [-0.4, -0.2) is 52.0 Å². The highest BCUT2D eigenvalue weighted by atomic mass is 16.4. The highest BCUT2D eigenvalue weighted by molar-refractivity contribution is 6.04. The lowest BCUT2D eigenvalue weighted by molar-refractivity contribution is -0.975. The van der Waals surface area contributed by atoms with E-state index in [1.807, 2.05) is 0 Å². The van der Waals surface area contributed by atoms with E-state index in [0.29, 0.717) is 13.0 Å². The quantitative estimate of drug-likeness (QED) is 0.223. The second kappa shape index (κ2) is 12.3. The third-order valence-corrected chi connectivity index (χ3v) is 7.04. The lowest BCUT2D eigenvalue weighted by Crippen LogP contribution is -2.79. The molecule has 0 bridgehead atoms. The highest BCUT2D eigenvalue weighted by Crippen LogP contribution is 2.35. The molecule has 0 aromatic rings. The Hall–Kier alpha value is -1.43. The lowest BCUT2D eigenvalue weighted by atomic mass is 9.84. The Morgan fingerprint density at radius 2 is 1.21 bits per heavy atom. The van der Waals surface area contributed by atoms with Crippen LogP contribution in [0, 0.1) is 0 Å². The van der Waals surface area contributed by atoms with Gasteiger partial charge in [-0.05, 0) is 12.8 Å². The first kappa shape index (κ1) is 27.6. The summed E-state index contributed by atoms with van der Waals surface area (Å²) in [7, 11) is 1.56. The summed E-state index contributed by atoms with van der Waals surface area (Å²) in [5, 5.41) is 21.7. The Labute approximate surface area is 177 Å². The van der Waals surface area contributed by atoms with Gasteiger partial charge in [-0.2, -0.15) is 0 Å². The number of likely N-dealkylation sites (N-methyl/N-ethyl adjacent to an activating group) is 1. The first-order valence-electron chi connectivity index (χ1n) is 11.2. The van der Waals surface area contributed by atoms with Crippen molar-refractivity contribution in [2.45, 2.75) is 116 Å². The van der Waals surface area contributed by atoms with E-state index in [-0.39, 0.29) is 0 Å². The average Bonchev–Trinajstić information content (AvgIpc) is 2.64. The summed E-state index contributed by atoms with van der Waals surface area (Å²) in [6.45, 7) is 7.97. The van der Waals surface area contributed by atoms with Crippen molar-refractivity contribution in [3.63, 3.8) is 0 Å². The number of hydrogen-bond acceptors (Lipinski definition) is 4. The summed E-state index contributed by atoms with van der Waals surface area (Å²) < 4.78 is -0.412. The molecule has 6 nitrogen and oxygen atoms in total. The number of unbranched alkanes of at least 4 members (excludes halogenated alkanes) is 10. The number of rotatable bonds is 17. The Morgan fingerprint density at radius 3 is 1.52 bits per heavy atom. The van der Waals surface area contributed by atoms with Crippen molar-refractivity contribution in [1.29, 1.82) is 0 Å². The van der Waals surface area contributed by atoms with Crippen molar-refractivity contribution >= 4 is 17.7 Å². The van der Waals surface area contributed by atoms with Crippen LogP contribution >= 0.6 is 0 Å². The monoisotopic (exact) mass is 413 g/mol. The van der Waals surface area contributed by atoms with Gasteiger partial charge in [0.25, 0.3) is 0 Å². The Balaban J connectivity index is 4.82.